The van der Waals surface area contributed by atoms with E-state index < -0.39 is 11.9 Å². The van der Waals surface area contributed by atoms with Crippen LogP contribution in [-0.2, 0) is 14.3 Å². The topological polar surface area (TPSA) is 73.9 Å². The monoisotopic (exact) mass is 571 g/mol. The molecule has 1 saturated carbocycles. The van der Waals surface area contributed by atoms with Crippen LogP contribution in [0.2, 0.25) is 0 Å². The van der Waals surface area contributed by atoms with Crippen molar-refractivity contribution >= 4 is 44.9 Å². The number of carbonyl (C=O) groups excluding carboxylic acids is 2. The third-order valence-electron chi connectivity index (χ3n) is 6.31. The van der Waals surface area contributed by atoms with E-state index >= 15 is 0 Å². The Labute approximate surface area is 224 Å². The van der Waals surface area contributed by atoms with E-state index in [1.807, 2.05) is 12.1 Å². The molecule has 3 aromatic rings. The Bertz CT molecular complexity index is 1190. The Morgan fingerprint density at radius 2 is 1.81 bits per heavy atom. The maximum absolute atomic E-state index is 12.4. The molecule has 1 aliphatic rings. The number of anilines is 1. The molecule has 0 spiro atoms. The first kappa shape index (κ1) is 26.2. The van der Waals surface area contributed by atoms with Gasteiger partial charge in [0.2, 0.25) is 0 Å². The molecule has 190 valence electrons. The lowest BCUT2D eigenvalue weighted by atomic mass is 9.82. The van der Waals surface area contributed by atoms with Crippen LogP contribution in [-0.4, -0.2) is 38.3 Å². The Hall–Kier alpha value is -2.84. The van der Waals surface area contributed by atoms with Gasteiger partial charge in [0.25, 0.3) is 0 Å². The van der Waals surface area contributed by atoms with Crippen LogP contribution in [0.25, 0.3) is 10.4 Å². The number of methoxy groups -OCH3 is 1. The average Bonchev–Trinajstić information content (AvgIpc) is 3.24. The van der Waals surface area contributed by atoms with Crippen molar-refractivity contribution in [1.82, 2.24) is 0 Å². The van der Waals surface area contributed by atoms with Crippen molar-refractivity contribution in [2.45, 2.75) is 44.6 Å². The van der Waals surface area contributed by atoms with Gasteiger partial charge in [-0.15, -0.1) is 11.3 Å². The number of thiophene rings is 1. The van der Waals surface area contributed by atoms with Crippen LogP contribution < -0.4 is 10.1 Å². The number of esters is 2. The molecule has 0 saturated heterocycles. The average molecular weight is 573 g/mol. The molecule has 1 aliphatic carbocycles. The highest BCUT2D eigenvalue weighted by atomic mass is 79.9. The molecule has 0 unspecified atom stereocenters. The molecular weight excluding hydrogens is 542 g/mol. The first-order chi connectivity index (χ1) is 17.5. The van der Waals surface area contributed by atoms with Gasteiger partial charge in [0.15, 0.2) is 17.2 Å². The third kappa shape index (κ3) is 6.28. The molecule has 0 radical (unpaired) electrons. The van der Waals surface area contributed by atoms with Gasteiger partial charge in [0.1, 0.15) is 0 Å². The lowest BCUT2D eigenvalue weighted by Crippen LogP contribution is -2.25. The third-order valence-corrected chi connectivity index (χ3v) is 8.53. The number of hydrogen-bond acceptors (Lipinski definition) is 7. The summed E-state index contributed by atoms with van der Waals surface area (Å²) >= 11 is 4.85. The molecule has 0 atom stereocenters. The smallest absolute Gasteiger partial charge is 0.351 e. The molecule has 36 heavy (non-hydrogen) atoms. The highest BCUT2D eigenvalue weighted by molar-refractivity contribution is 9.10. The zero-order valence-corrected chi connectivity index (χ0v) is 22.8. The molecule has 0 bridgehead atoms. The number of carbonyl (C=O) groups is 2. The Kier molecular flexibility index (Phi) is 9.04. The van der Waals surface area contributed by atoms with Crippen LogP contribution in [0.5, 0.6) is 5.75 Å². The van der Waals surface area contributed by atoms with E-state index in [0.717, 1.165) is 29.0 Å². The quantitative estimate of drug-likeness (QED) is 0.277. The van der Waals surface area contributed by atoms with Gasteiger partial charge in [-0.3, -0.25) is 0 Å². The Morgan fingerprint density at radius 1 is 1.06 bits per heavy atom. The second-order valence-corrected chi connectivity index (χ2v) is 10.5. The molecule has 1 heterocycles. The maximum Gasteiger partial charge on any atom is 0.351 e. The van der Waals surface area contributed by atoms with Crippen LogP contribution in [0, 0.1) is 0 Å². The molecule has 0 amide bonds. The molecule has 1 fully saturated rings. The van der Waals surface area contributed by atoms with Gasteiger partial charge in [-0.2, -0.15) is 0 Å². The van der Waals surface area contributed by atoms with Gasteiger partial charge >= 0.3 is 11.9 Å². The van der Waals surface area contributed by atoms with Crippen LogP contribution in [0.1, 0.15) is 53.8 Å². The van der Waals surface area contributed by atoms with Crippen molar-refractivity contribution in [2.24, 2.45) is 0 Å². The second-order valence-electron chi connectivity index (χ2n) is 8.67. The van der Waals surface area contributed by atoms with E-state index in [1.165, 1.54) is 36.9 Å². The number of rotatable bonds is 9. The van der Waals surface area contributed by atoms with Crippen molar-refractivity contribution in [3.05, 3.63) is 69.5 Å². The van der Waals surface area contributed by atoms with Crippen LogP contribution in [0.15, 0.2) is 59.1 Å². The first-order valence-corrected chi connectivity index (χ1v) is 13.7. The number of ether oxygens (including phenoxy) is 3. The fourth-order valence-corrected chi connectivity index (χ4v) is 6.52. The minimum atomic E-state index is -0.518. The predicted molar refractivity (Wildman–Crippen MR) is 146 cm³/mol. The standard InChI is InChI=1S/C28H30BrNO5S/c1-3-34-23(31)17-35-25-24(29)26(36-27(25)28(32)33-2)20-10-7-11-22(16-20)30-21-14-12-19(13-15-21)18-8-5-4-6-9-18/h4-11,16,19,21,30H,3,12-15,17H2,1-2H3/t19-,21-. The van der Waals surface area contributed by atoms with Gasteiger partial charge in [0, 0.05) is 11.7 Å². The van der Waals surface area contributed by atoms with Crippen molar-refractivity contribution < 1.29 is 23.8 Å². The molecule has 2 aromatic carbocycles. The largest absolute Gasteiger partial charge is 0.479 e. The second kappa shape index (κ2) is 12.4. The van der Waals surface area contributed by atoms with Gasteiger partial charge < -0.3 is 19.5 Å². The fourth-order valence-electron chi connectivity index (χ4n) is 4.55. The summed E-state index contributed by atoms with van der Waals surface area (Å²) in [4.78, 5) is 25.3. The van der Waals surface area contributed by atoms with E-state index in [0.29, 0.717) is 21.3 Å². The SMILES string of the molecule is CCOC(=O)COc1c(C(=O)OC)sc(-c2cccc(N[C@H]3CC[C@H](c4ccccc4)CC3)c2)c1Br. The minimum Gasteiger partial charge on any atom is -0.479 e. The molecule has 8 heteroatoms. The van der Waals surface area contributed by atoms with E-state index in [-0.39, 0.29) is 19.0 Å². The van der Waals surface area contributed by atoms with Crippen LogP contribution in [0.3, 0.4) is 0 Å². The molecule has 0 aliphatic heterocycles. The Morgan fingerprint density at radius 3 is 2.50 bits per heavy atom. The highest BCUT2D eigenvalue weighted by Crippen LogP contribution is 2.46. The minimum absolute atomic E-state index is 0.260. The number of nitrogens with one attached hydrogen (secondary N) is 1. The van der Waals surface area contributed by atoms with Crippen LogP contribution >= 0.6 is 27.3 Å². The number of hydrogen-bond donors (Lipinski definition) is 1. The van der Waals surface area contributed by atoms with Crippen molar-refractivity contribution in [1.29, 1.82) is 0 Å². The normalized spacial score (nSPS) is 17.3. The summed E-state index contributed by atoms with van der Waals surface area (Å²) in [6.45, 7) is 1.70. The molecule has 1 aromatic heterocycles. The van der Waals surface area contributed by atoms with Gasteiger partial charge in [-0.1, -0.05) is 42.5 Å². The van der Waals surface area contributed by atoms with Crippen molar-refractivity contribution in [3.8, 4) is 16.2 Å². The number of benzene rings is 2. The van der Waals surface area contributed by atoms with Crippen LogP contribution in [0.4, 0.5) is 5.69 Å². The van der Waals surface area contributed by atoms with E-state index in [9.17, 15) is 9.59 Å². The summed E-state index contributed by atoms with van der Waals surface area (Å²) in [5, 5.41) is 3.70. The summed E-state index contributed by atoms with van der Waals surface area (Å²) in [7, 11) is 1.32. The molecule has 6 nitrogen and oxygen atoms in total. The van der Waals surface area contributed by atoms with Gasteiger partial charge in [-0.05, 0) is 77.7 Å². The van der Waals surface area contributed by atoms with E-state index in [1.54, 1.807) is 6.92 Å². The summed E-state index contributed by atoms with van der Waals surface area (Å²) < 4.78 is 16.2. The van der Waals surface area contributed by atoms with Gasteiger partial charge in [-0.25, -0.2) is 9.59 Å². The first-order valence-electron chi connectivity index (χ1n) is 12.1. The molecule has 4 rings (SSSR count). The fraction of sp³-hybridized carbons (Fsp3) is 0.357. The zero-order chi connectivity index (χ0) is 25.5. The summed E-state index contributed by atoms with van der Waals surface area (Å²) in [5.41, 5.74) is 3.40. The summed E-state index contributed by atoms with van der Waals surface area (Å²) in [6.07, 6.45) is 4.57. The maximum atomic E-state index is 12.4. The lowest BCUT2D eigenvalue weighted by molar-refractivity contribution is -0.145. The van der Waals surface area contributed by atoms with Crippen molar-refractivity contribution in [3.63, 3.8) is 0 Å². The Balaban J connectivity index is 1.48. The van der Waals surface area contributed by atoms with E-state index in [2.05, 4.69) is 63.7 Å². The summed E-state index contributed by atoms with van der Waals surface area (Å²) in [6, 6.07) is 19.3. The van der Waals surface area contributed by atoms with Crippen molar-refractivity contribution in [2.75, 3.05) is 25.6 Å². The van der Waals surface area contributed by atoms with E-state index in [4.69, 9.17) is 14.2 Å². The number of halogens is 1. The van der Waals surface area contributed by atoms with Gasteiger partial charge in [0.05, 0.1) is 23.1 Å². The predicted octanol–water partition coefficient (Wildman–Crippen LogP) is 7.04. The zero-order valence-electron chi connectivity index (χ0n) is 20.4. The molecule has 1 N–H and O–H groups in total. The lowest BCUT2D eigenvalue weighted by Gasteiger charge is -2.30. The molecular formula is C28H30BrNO5S. The summed E-state index contributed by atoms with van der Waals surface area (Å²) in [5.74, 6) is -0.105. The highest BCUT2D eigenvalue weighted by Gasteiger charge is 2.26.